The van der Waals surface area contributed by atoms with Crippen LogP contribution in [0.3, 0.4) is 0 Å². The zero-order valence-corrected chi connectivity index (χ0v) is 59.8. The van der Waals surface area contributed by atoms with E-state index in [9.17, 15) is 48.3 Å². The lowest BCUT2D eigenvalue weighted by atomic mass is 9.91. The summed E-state index contributed by atoms with van der Waals surface area (Å²) in [6.45, 7) is 37.7. The van der Waals surface area contributed by atoms with Crippen LogP contribution in [-0.4, -0.2) is 208 Å². The van der Waals surface area contributed by atoms with E-state index in [1.165, 1.54) is 80.5 Å². The monoisotopic (exact) mass is 1260 g/mol. The van der Waals surface area contributed by atoms with Gasteiger partial charge in [0.25, 0.3) is 0 Å². The first-order chi connectivity index (χ1) is 40.9. The van der Waals surface area contributed by atoms with Crippen LogP contribution in [0.25, 0.3) is 0 Å². The van der Waals surface area contributed by atoms with Gasteiger partial charge in [-0.2, -0.15) is 0 Å². The average molecular weight is 1260 g/mol. The highest BCUT2D eigenvalue weighted by Crippen LogP contribution is 2.26. The molecule has 1 unspecified atom stereocenters. The molecule has 10 amide bonds. The normalized spacial score (nSPS) is 16.3. The predicted molar refractivity (Wildman–Crippen MR) is 350 cm³/mol. The smallest absolute Gasteiger partial charge is 0.246 e. The summed E-state index contributed by atoms with van der Waals surface area (Å²) in [7, 11) is 8.89. The minimum Gasteiger partial charge on any atom is -0.390 e. The molecule has 13 atom stereocenters. The van der Waals surface area contributed by atoms with Gasteiger partial charge in [-0.15, -0.1) is 0 Å². The van der Waals surface area contributed by atoms with Crippen molar-refractivity contribution in [2.75, 3.05) is 42.3 Å². The van der Waals surface area contributed by atoms with Gasteiger partial charge in [-0.1, -0.05) is 130 Å². The zero-order valence-electron chi connectivity index (χ0n) is 59.8. The highest BCUT2D eigenvalue weighted by molar-refractivity contribution is 5.99. The van der Waals surface area contributed by atoms with Crippen LogP contribution in [0.2, 0.25) is 0 Å². The number of ketones is 1. The standard InChI is InChI=1S/C67H122N10O12/c1-28-30-31-44(17)57(79)56(77(27)67(89)55(43(15)16)76(26)65(87)53(36-41(11)12)74(24)62(84)45(18)32-37(3)4)61(83)70-49(29-2)63(85)75(25)52(35-40(9)10)64(86)72(22)51(34-39(7)8)60(82)71-54(42(13)14)66(88)73(23)50(33-38(5)6)59(81)69-47(20)58(80)68-46(19)48(21)78/h28,30,37-47,49-57,79H,29,31-36H2,1-27H3,(H,68,80)(H,69,81)(H,70,83)(H,71,82)/b30-28+/t44-,45-,46-,47+,49+,50+,51+,52+,53+,54+,55?,56+,57-/m1/s1. The van der Waals surface area contributed by atoms with Crippen LogP contribution < -0.4 is 21.3 Å². The topological polar surface area (TPSA) is 276 Å². The molecule has 0 rings (SSSR count). The van der Waals surface area contributed by atoms with Gasteiger partial charge in [0.05, 0.1) is 12.1 Å². The minimum absolute atomic E-state index is 0.00494. The lowest BCUT2D eigenvalue weighted by Gasteiger charge is -2.41. The number of nitrogens with one attached hydrogen (secondary N) is 4. The molecule has 0 spiro atoms. The van der Waals surface area contributed by atoms with Gasteiger partial charge in [-0.25, -0.2) is 0 Å². The second-order valence-electron chi connectivity index (χ2n) is 28.0. The van der Waals surface area contributed by atoms with E-state index in [0.717, 1.165) is 4.90 Å². The number of carbonyl (C=O) groups excluding carboxylic acids is 11. The fraction of sp³-hybridized carbons (Fsp3) is 0.806. The average Bonchev–Trinajstić information content (AvgIpc) is 1.12. The van der Waals surface area contributed by atoms with Gasteiger partial charge in [0.2, 0.25) is 59.1 Å². The third-order valence-corrected chi connectivity index (χ3v) is 16.8. The maximum Gasteiger partial charge on any atom is 0.246 e. The summed E-state index contributed by atoms with van der Waals surface area (Å²) in [5, 5.41) is 23.1. The number of aliphatic hydroxyl groups is 1. The third-order valence-electron chi connectivity index (χ3n) is 16.8. The number of amides is 10. The molecule has 0 aromatic rings. The van der Waals surface area contributed by atoms with Crippen molar-refractivity contribution in [3.8, 4) is 0 Å². The van der Waals surface area contributed by atoms with Crippen LogP contribution in [0, 0.1) is 53.3 Å². The summed E-state index contributed by atoms with van der Waals surface area (Å²) < 4.78 is 0. The minimum atomic E-state index is -1.58. The Balaban J connectivity index is 7.37. The van der Waals surface area contributed by atoms with Crippen LogP contribution in [0.15, 0.2) is 12.2 Å². The van der Waals surface area contributed by atoms with Crippen molar-refractivity contribution in [1.82, 2.24) is 50.7 Å². The number of hydrogen-bond acceptors (Lipinski definition) is 12. The Kier molecular flexibility index (Phi) is 36.1. The van der Waals surface area contributed by atoms with Gasteiger partial charge < -0.3 is 55.8 Å². The zero-order chi connectivity index (χ0) is 69.6. The highest BCUT2D eigenvalue weighted by atomic mass is 16.3. The Labute approximate surface area is 535 Å². The molecule has 0 bridgehead atoms. The second kappa shape index (κ2) is 38.7. The van der Waals surface area contributed by atoms with Crippen molar-refractivity contribution in [3.63, 3.8) is 0 Å². The van der Waals surface area contributed by atoms with E-state index in [-0.39, 0.29) is 72.9 Å². The number of nitrogens with zero attached hydrogens (tertiary/aromatic N) is 6. The number of allylic oxidation sites excluding steroid dienone is 2. The second-order valence-corrected chi connectivity index (χ2v) is 28.0. The SMILES string of the molecule is C/C=C/C[C@@H](C)[C@@H](O)[C@@H](C(=O)N[C@@H](CC)C(=O)N(C)[C@@H](CC(C)C)C(=O)N(C)[C@@H](CC(C)C)C(=O)N[C@H](C(=O)N(C)[C@@H](CC(C)C)C(=O)N[C@@H](C)C(=O)N[C@H](C)C(C)=O)C(C)C)N(C)C(=O)C(C(C)C)N(C)C(=O)[C@H](CC(C)C)N(C)C(=O)[C@H](C)CC(C)C. The Morgan fingerprint density at radius 1 is 0.404 bits per heavy atom. The van der Waals surface area contributed by atoms with Crippen molar-refractivity contribution in [2.45, 2.75) is 257 Å². The maximum absolute atomic E-state index is 15.1. The molecular formula is C67H122N10O12. The Bertz CT molecular complexity index is 2370. The molecule has 22 heteroatoms. The first kappa shape index (κ1) is 83.1. The Hall–Kier alpha value is -5.93. The molecule has 0 aliphatic heterocycles. The largest absolute Gasteiger partial charge is 0.390 e. The molecule has 0 aromatic heterocycles. The van der Waals surface area contributed by atoms with Gasteiger partial charge in [0.15, 0.2) is 5.78 Å². The summed E-state index contributed by atoms with van der Waals surface area (Å²) in [6.07, 6.45) is 3.97. The number of hydrogen-bond donors (Lipinski definition) is 5. The summed E-state index contributed by atoms with van der Waals surface area (Å²) >= 11 is 0. The van der Waals surface area contributed by atoms with Gasteiger partial charge in [-0.05, 0) is 120 Å². The van der Waals surface area contributed by atoms with Crippen molar-refractivity contribution in [1.29, 1.82) is 0 Å². The Morgan fingerprint density at radius 2 is 0.787 bits per heavy atom. The molecule has 0 aliphatic rings. The number of Topliss-reactive ketones (excluding diaryl/α,β-unsaturated/α-hetero) is 1. The predicted octanol–water partition coefficient (Wildman–Crippen LogP) is 6.07. The molecule has 5 N–H and O–H groups in total. The lowest BCUT2D eigenvalue weighted by Crippen LogP contribution is -2.63. The number of rotatable bonds is 38. The van der Waals surface area contributed by atoms with Gasteiger partial charge in [-0.3, -0.25) is 52.7 Å². The van der Waals surface area contributed by atoms with Gasteiger partial charge in [0.1, 0.15) is 54.4 Å². The van der Waals surface area contributed by atoms with Gasteiger partial charge >= 0.3 is 0 Å². The van der Waals surface area contributed by atoms with E-state index in [4.69, 9.17) is 0 Å². The molecule has 0 saturated heterocycles. The quantitative estimate of drug-likeness (QED) is 0.0441. The maximum atomic E-state index is 15.1. The van der Waals surface area contributed by atoms with Crippen molar-refractivity contribution in [3.05, 3.63) is 12.2 Å². The molecule has 22 nitrogen and oxygen atoms in total. The lowest BCUT2D eigenvalue weighted by molar-refractivity contribution is -0.156. The molecule has 89 heavy (non-hydrogen) atoms. The van der Waals surface area contributed by atoms with E-state index in [0.29, 0.717) is 19.3 Å². The van der Waals surface area contributed by atoms with Crippen LogP contribution in [0.4, 0.5) is 0 Å². The fourth-order valence-electron chi connectivity index (χ4n) is 11.1. The number of likely N-dealkylation sites (N-methyl/N-ethyl adjacent to an activating group) is 6. The van der Waals surface area contributed by atoms with Crippen molar-refractivity contribution >= 4 is 64.9 Å². The molecule has 0 heterocycles. The van der Waals surface area contributed by atoms with E-state index in [2.05, 4.69) is 21.3 Å². The van der Waals surface area contributed by atoms with E-state index < -0.39 is 137 Å². The van der Waals surface area contributed by atoms with E-state index >= 15 is 9.59 Å². The van der Waals surface area contributed by atoms with Crippen LogP contribution in [-0.2, 0) is 52.7 Å². The molecule has 0 aliphatic carbocycles. The van der Waals surface area contributed by atoms with Crippen LogP contribution in [0.1, 0.15) is 190 Å². The molecule has 0 saturated carbocycles. The van der Waals surface area contributed by atoms with E-state index in [1.807, 2.05) is 89.2 Å². The summed E-state index contributed by atoms with van der Waals surface area (Å²) in [6, 6.07) is -11.3. The van der Waals surface area contributed by atoms with E-state index in [1.54, 1.807) is 54.7 Å². The Morgan fingerprint density at radius 3 is 1.19 bits per heavy atom. The fourth-order valence-corrected chi connectivity index (χ4v) is 11.1. The van der Waals surface area contributed by atoms with Crippen LogP contribution >= 0.6 is 0 Å². The molecule has 0 aromatic carbocycles. The first-order valence-electron chi connectivity index (χ1n) is 32.6. The molecule has 0 radical (unpaired) electrons. The first-order valence-corrected chi connectivity index (χ1v) is 32.6. The molecule has 512 valence electrons. The number of carbonyl (C=O) groups is 11. The van der Waals surface area contributed by atoms with Crippen LogP contribution in [0.5, 0.6) is 0 Å². The third kappa shape index (κ3) is 25.3. The molecular weight excluding hydrogens is 1140 g/mol. The number of aliphatic hydroxyl groups excluding tert-OH is 1. The molecule has 0 fully saturated rings. The van der Waals surface area contributed by atoms with Gasteiger partial charge in [0, 0.05) is 48.2 Å². The van der Waals surface area contributed by atoms with Crippen molar-refractivity contribution in [2.24, 2.45) is 53.3 Å². The van der Waals surface area contributed by atoms with Crippen molar-refractivity contribution < 1.29 is 57.8 Å². The summed E-state index contributed by atoms with van der Waals surface area (Å²) in [4.78, 5) is 164. The summed E-state index contributed by atoms with van der Waals surface area (Å²) in [5.41, 5.74) is 0. The summed E-state index contributed by atoms with van der Waals surface area (Å²) in [5.74, 6) is -8.15. The highest BCUT2D eigenvalue weighted by Gasteiger charge is 2.45.